The summed E-state index contributed by atoms with van der Waals surface area (Å²) in [5, 5.41) is 6.55. The van der Waals surface area contributed by atoms with Crippen LogP contribution < -0.4 is 15.9 Å². The normalized spacial score (nSPS) is 17.7. The van der Waals surface area contributed by atoms with Gasteiger partial charge >= 0.3 is 11.9 Å². The first-order valence-electron chi connectivity index (χ1n) is 10.8. The Morgan fingerprint density at radius 2 is 1.84 bits per heavy atom. The standard InChI is InChI=1S/C21H27F3N6O2/c1-27-9-11-28(12-10-27)15-6-7-17(16(13-15)21(22,23)24)25-19(31)14-30-20(32)29-8-4-2-3-5-18(29)26-30/h6-7,13H,2-5,8-12,14H2,1H3,(H,25,31). The van der Waals surface area contributed by atoms with Crippen molar-refractivity contribution in [1.82, 2.24) is 19.2 Å². The van der Waals surface area contributed by atoms with Crippen LogP contribution in [0.2, 0.25) is 0 Å². The molecule has 0 atom stereocenters. The van der Waals surface area contributed by atoms with E-state index in [9.17, 15) is 22.8 Å². The SMILES string of the molecule is CN1CCN(c2ccc(NC(=O)Cn3nc4n(c3=O)CCCCC4)c(C(F)(F)F)c2)CC1. The number of fused-ring (bicyclic) bond motifs is 1. The van der Waals surface area contributed by atoms with Gasteiger partial charge in [0.2, 0.25) is 5.91 Å². The van der Waals surface area contributed by atoms with Gasteiger partial charge in [-0.05, 0) is 38.1 Å². The number of nitrogens with zero attached hydrogens (tertiary/aromatic N) is 5. The highest BCUT2D eigenvalue weighted by Crippen LogP contribution is 2.37. The van der Waals surface area contributed by atoms with Crippen LogP contribution in [0.5, 0.6) is 0 Å². The Hall–Kier alpha value is -2.82. The molecule has 1 amide bonds. The van der Waals surface area contributed by atoms with Crippen molar-refractivity contribution in [3.8, 4) is 0 Å². The summed E-state index contributed by atoms with van der Waals surface area (Å²) in [5.74, 6) is -0.106. The van der Waals surface area contributed by atoms with E-state index in [2.05, 4.69) is 15.3 Å². The van der Waals surface area contributed by atoms with Crippen LogP contribution in [0.25, 0.3) is 0 Å². The van der Waals surface area contributed by atoms with Crippen molar-refractivity contribution in [3.05, 3.63) is 40.1 Å². The highest BCUT2D eigenvalue weighted by molar-refractivity contribution is 5.91. The van der Waals surface area contributed by atoms with E-state index in [4.69, 9.17) is 0 Å². The maximum Gasteiger partial charge on any atom is 0.418 e. The van der Waals surface area contributed by atoms with E-state index in [1.54, 1.807) is 10.6 Å². The summed E-state index contributed by atoms with van der Waals surface area (Å²) in [6, 6.07) is 3.94. The lowest BCUT2D eigenvalue weighted by atomic mass is 10.1. The molecule has 2 aromatic rings. The molecule has 0 spiro atoms. The average Bonchev–Trinajstić information content (AvgIpc) is 2.90. The minimum Gasteiger partial charge on any atom is -0.369 e. The molecule has 0 radical (unpaired) electrons. The van der Waals surface area contributed by atoms with Crippen LogP contribution >= 0.6 is 0 Å². The summed E-state index contributed by atoms with van der Waals surface area (Å²) in [5.41, 5.74) is -1.17. The summed E-state index contributed by atoms with van der Waals surface area (Å²) < 4.78 is 43.8. The van der Waals surface area contributed by atoms with Gasteiger partial charge in [-0.15, -0.1) is 0 Å². The Bertz CT molecular complexity index is 1040. The molecule has 2 aliphatic heterocycles. The van der Waals surface area contributed by atoms with Crippen molar-refractivity contribution in [2.75, 3.05) is 43.4 Å². The first-order valence-corrected chi connectivity index (χ1v) is 10.8. The molecule has 11 heteroatoms. The predicted octanol–water partition coefficient (Wildman–Crippen LogP) is 2.18. The molecule has 0 saturated carbocycles. The zero-order valence-corrected chi connectivity index (χ0v) is 18.0. The third-order valence-electron chi connectivity index (χ3n) is 6.03. The summed E-state index contributed by atoms with van der Waals surface area (Å²) >= 11 is 0. The summed E-state index contributed by atoms with van der Waals surface area (Å²) in [6.45, 7) is 2.91. The second kappa shape index (κ2) is 8.97. The lowest BCUT2D eigenvalue weighted by Gasteiger charge is -2.34. The van der Waals surface area contributed by atoms with Crippen LogP contribution in [0.15, 0.2) is 23.0 Å². The lowest BCUT2D eigenvalue weighted by Crippen LogP contribution is -2.44. The number of carbonyl (C=O) groups excluding carboxylic acids is 1. The van der Waals surface area contributed by atoms with Gasteiger partial charge in [0.1, 0.15) is 12.4 Å². The van der Waals surface area contributed by atoms with E-state index >= 15 is 0 Å². The molecule has 3 heterocycles. The lowest BCUT2D eigenvalue weighted by molar-refractivity contribution is -0.136. The number of amides is 1. The highest BCUT2D eigenvalue weighted by Gasteiger charge is 2.35. The topological polar surface area (TPSA) is 75.4 Å². The molecule has 32 heavy (non-hydrogen) atoms. The van der Waals surface area contributed by atoms with E-state index in [-0.39, 0.29) is 5.69 Å². The van der Waals surface area contributed by atoms with Crippen LogP contribution in [-0.2, 0) is 30.5 Å². The molecule has 0 aliphatic carbocycles. The van der Waals surface area contributed by atoms with Gasteiger partial charge in [-0.25, -0.2) is 9.48 Å². The average molecular weight is 452 g/mol. The number of aromatic nitrogens is 3. The van der Waals surface area contributed by atoms with Gasteiger partial charge in [0, 0.05) is 44.8 Å². The molecule has 174 valence electrons. The van der Waals surface area contributed by atoms with E-state index in [1.807, 2.05) is 11.9 Å². The number of piperazine rings is 1. The van der Waals surface area contributed by atoms with Gasteiger partial charge in [0.15, 0.2) is 0 Å². The molecule has 0 unspecified atom stereocenters. The molecule has 4 rings (SSSR count). The number of carbonyl (C=O) groups is 1. The van der Waals surface area contributed by atoms with Crippen LogP contribution in [0.3, 0.4) is 0 Å². The molecule has 2 aliphatic rings. The fourth-order valence-corrected chi connectivity index (χ4v) is 4.19. The first-order chi connectivity index (χ1) is 15.2. The van der Waals surface area contributed by atoms with Gasteiger partial charge < -0.3 is 15.1 Å². The fourth-order valence-electron chi connectivity index (χ4n) is 4.19. The number of nitrogens with one attached hydrogen (secondary N) is 1. The number of hydrogen-bond donors (Lipinski definition) is 1. The molecule has 1 fully saturated rings. The minimum atomic E-state index is -4.63. The monoisotopic (exact) mass is 452 g/mol. The number of likely N-dealkylation sites (N-methyl/N-ethyl adjacent to an activating group) is 1. The number of aryl methyl sites for hydroxylation is 1. The van der Waals surface area contributed by atoms with Crippen LogP contribution in [-0.4, -0.2) is 58.4 Å². The van der Waals surface area contributed by atoms with E-state index in [1.165, 1.54) is 6.07 Å². The maximum absolute atomic E-state index is 13.7. The van der Waals surface area contributed by atoms with Gasteiger partial charge in [-0.3, -0.25) is 9.36 Å². The molecular weight excluding hydrogens is 425 g/mol. The zero-order chi connectivity index (χ0) is 22.9. The largest absolute Gasteiger partial charge is 0.418 e. The van der Waals surface area contributed by atoms with Crippen molar-refractivity contribution in [3.63, 3.8) is 0 Å². The van der Waals surface area contributed by atoms with Crippen molar-refractivity contribution in [2.24, 2.45) is 0 Å². The molecule has 0 bridgehead atoms. The van der Waals surface area contributed by atoms with Crippen molar-refractivity contribution >= 4 is 17.3 Å². The number of hydrogen-bond acceptors (Lipinski definition) is 5. The molecular formula is C21H27F3N6O2. The first kappa shape index (κ1) is 22.4. The predicted molar refractivity (Wildman–Crippen MR) is 114 cm³/mol. The Labute approximate surface area is 183 Å². The maximum atomic E-state index is 13.7. The quantitative estimate of drug-likeness (QED) is 0.770. The Morgan fingerprint density at radius 3 is 2.56 bits per heavy atom. The van der Waals surface area contributed by atoms with E-state index < -0.39 is 29.9 Å². The second-order valence-electron chi connectivity index (χ2n) is 8.38. The highest BCUT2D eigenvalue weighted by atomic mass is 19.4. The molecule has 8 nitrogen and oxygen atoms in total. The number of halogens is 3. The smallest absolute Gasteiger partial charge is 0.369 e. The van der Waals surface area contributed by atoms with Crippen molar-refractivity contribution in [1.29, 1.82) is 0 Å². The number of anilines is 2. The molecule has 1 aromatic heterocycles. The van der Waals surface area contributed by atoms with Crippen molar-refractivity contribution in [2.45, 2.75) is 44.9 Å². The summed E-state index contributed by atoms with van der Waals surface area (Å²) in [7, 11) is 1.97. The molecule has 1 aromatic carbocycles. The zero-order valence-electron chi connectivity index (χ0n) is 18.0. The number of benzene rings is 1. The van der Waals surface area contributed by atoms with Gasteiger partial charge in [-0.2, -0.15) is 18.3 Å². The third kappa shape index (κ3) is 4.82. The third-order valence-corrected chi connectivity index (χ3v) is 6.03. The van der Waals surface area contributed by atoms with Gasteiger partial charge in [0.25, 0.3) is 0 Å². The van der Waals surface area contributed by atoms with Crippen LogP contribution in [0.1, 0.15) is 30.7 Å². The van der Waals surface area contributed by atoms with E-state index in [0.717, 1.165) is 43.1 Å². The molecule has 1 saturated heterocycles. The summed E-state index contributed by atoms with van der Waals surface area (Å²) in [4.78, 5) is 29.1. The minimum absolute atomic E-state index is 0.325. The van der Waals surface area contributed by atoms with Crippen molar-refractivity contribution < 1.29 is 18.0 Å². The van der Waals surface area contributed by atoms with Crippen LogP contribution in [0.4, 0.5) is 24.5 Å². The molecule has 1 N–H and O–H groups in total. The summed E-state index contributed by atoms with van der Waals surface area (Å²) in [6.07, 6.45) is -1.20. The van der Waals surface area contributed by atoms with Crippen LogP contribution in [0, 0.1) is 0 Å². The Balaban J connectivity index is 1.52. The Morgan fingerprint density at radius 1 is 1.09 bits per heavy atom. The van der Waals surface area contributed by atoms with Gasteiger partial charge in [0.05, 0.1) is 11.3 Å². The number of alkyl halides is 3. The van der Waals surface area contributed by atoms with E-state index in [0.29, 0.717) is 37.6 Å². The van der Waals surface area contributed by atoms with Gasteiger partial charge in [-0.1, -0.05) is 6.42 Å². The Kier molecular flexibility index (Phi) is 6.27. The second-order valence-corrected chi connectivity index (χ2v) is 8.38. The number of rotatable bonds is 4. The fraction of sp³-hybridized carbons (Fsp3) is 0.571.